The van der Waals surface area contributed by atoms with Gasteiger partial charge in [-0.1, -0.05) is 34.1 Å². The molecule has 0 atom stereocenters. The van der Waals surface area contributed by atoms with Gasteiger partial charge in [-0.2, -0.15) is 0 Å². The van der Waals surface area contributed by atoms with E-state index in [1.54, 1.807) is 0 Å². The van der Waals surface area contributed by atoms with Gasteiger partial charge in [-0.25, -0.2) is 0 Å². The van der Waals surface area contributed by atoms with Gasteiger partial charge in [-0.3, -0.25) is 4.90 Å². The Balaban J connectivity index is 1.82. The second-order valence-corrected chi connectivity index (χ2v) is 7.33. The van der Waals surface area contributed by atoms with Crippen molar-refractivity contribution in [2.75, 3.05) is 19.6 Å². The van der Waals surface area contributed by atoms with Crippen molar-refractivity contribution in [3.05, 3.63) is 23.7 Å². The molecule has 2 heterocycles. The lowest BCUT2D eigenvalue weighted by atomic mass is 9.78. The van der Waals surface area contributed by atoms with Gasteiger partial charge < -0.3 is 9.73 Å². The van der Waals surface area contributed by atoms with Crippen LogP contribution in [0.25, 0.3) is 0 Å². The maximum atomic E-state index is 5.66. The Hall–Kier alpha value is -0.800. The molecule has 0 radical (unpaired) electrons. The highest BCUT2D eigenvalue weighted by atomic mass is 16.3. The summed E-state index contributed by atoms with van der Waals surface area (Å²) in [7, 11) is 0. The van der Waals surface area contributed by atoms with Crippen LogP contribution in [0.5, 0.6) is 0 Å². The third-order valence-corrected chi connectivity index (χ3v) is 4.99. The normalized spacial score (nSPS) is 19.3. The van der Waals surface area contributed by atoms with Gasteiger partial charge >= 0.3 is 0 Å². The number of piperidine rings is 1. The number of rotatable bonds is 7. The standard InChI is InChI=1S/C18H32N2O/c1-5-18(4)7-9-20(10-8-18)14-16-6-11-21-17(16)13-19-12-15(2)3/h6,11,15,19H,5,7-10,12-14H2,1-4H3. The molecule has 0 aromatic carbocycles. The first-order valence-electron chi connectivity index (χ1n) is 8.51. The van der Waals surface area contributed by atoms with Gasteiger partial charge in [0.15, 0.2) is 0 Å². The fourth-order valence-electron chi connectivity index (χ4n) is 2.98. The van der Waals surface area contributed by atoms with Crippen LogP contribution < -0.4 is 5.32 Å². The van der Waals surface area contributed by atoms with Gasteiger partial charge in [0.05, 0.1) is 12.8 Å². The minimum Gasteiger partial charge on any atom is -0.468 e. The Morgan fingerprint density at radius 3 is 2.67 bits per heavy atom. The zero-order valence-corrected chi connectivity index (χ0v) is 14.2. The van der Waals surface area contributed by atoms with Crippen molar-refractivity contribution in [3.8, 4) is 0 Å². The topological polar surface area (TPSA) is 28.4 Å². The molecular formula is C18H32N2O. The summed E-state index contributed by atoms with van der Waals surface area (Å²) in [4.78, 5) is 2.58. The van der Waals surface area contributed by atoms with Crippen molar-refractivity contribution in [1.82, 2.24) is 10.2 Å². The minimum absolute atomic E-state index is 0.564. The quantitative estimate of drug-likeness (QED) is 0.822. The molecule has 0 aliphatic carbocycles. The fourth-order valence-corrected chi connectivity index (χ4v) is 2.98. The van der Waals surface area contributed by atoms with E-state index in [0.717, 1.165) is 25.4 Å². The van der Waals surface area contributed by atoms with E-state index in [4.69, 9.17) is 4.42 Å². The summed E-state index contributed by atoms with van der Waals surface area (Å²) >= 11 is 0. The molecule has 3 heteroatoms. The van der Waals surface area contributed by atoms with Crippen molar-refractivity contribution in [2.24, 2.45) is 11.3 Å². The van der Waals surface area contributed by atoms with Crippen LogP contribution in [-0.4, -0.2) is 24.5 Å². The highest BCUT2D eigenvalue weighted by Gasteiger charge is 2.28. The zero-order valence-electron chi connectivity index (χ0n) is 14.2. The second kappa shape index (κ2) is 7.46. The second-order valence-electron chi connectivity index (χ2n) is 7.33. The van der Waals surface area contributed by atoms with Crippen LogP contribution in [0.15, 0.2) is 16.7 Å². The number of hydrogen-bond donors (Lipinski definition) is 1. The van der Waals surface area contributed by atoms with E-state index in [1.165, 1.54) is 37.9 Å². The van der Waals surface area contributed by atoms with E-state index in [2.05, 4.69) is 44.0 Å². The summed E-state index contributed by atoms with van der Waals surface area (Å²) < 4.78 is 5.66. The first-order chi connectivity index (χ1) is 10.0. The van der Waals surface area contributed by atoms with Crippen LogP contribution in [-0.2, 0) is 13.1 Å². The van der Waals surface area contributed by atoms with Crippen molar-refractivity contribution in [2.45, 2.75) is 60.0 Å². The summed E-state index contributed by atoms with van der Waals surface area (Å²) in [5.74, 6) is 1.79. The van der Waals surface area contributed by atoms with Crippen LogP contribution in [0.2, 0.25) is 0 Å². The Bertz CT molecular complexity index is 417. The lowest BCUT2D eigenvalue weighted by molar-refractivity contribution is 0.109. The van der Waals surface area contributed by atoms with E-state index in [0.29, 0.717) is 11.3 Å². The largest absolute Gasteiger partial charge is 0.468 e. The summed E-state index contributed by atoms with van der Waals surface area (Å²) in [6, 6.07) is 2.14. The molecule has 1 saturated heterocycles. The van der Waals surface area contributed by atoms with Gasteiger partial charge in [-0.05, 0) is 49.9 Å². The summed E-state index contributed by atoms with van der Waals surface area (Å²) in [6.45, 7) is 14.6. The lowest BCUT2D eigenvalue weighted by Crippen LogP contribution is -2.38. The molecule has 0 unspecified atom stereocenters. The zero-order chi connectivity index (χ0) is 15.3. The number of furan rings is 1. The molecule has 3 nitrogen and oxygen atoms in total. The van der Waals surface area contributed by atoms with Crippen molar-refractivity contribution in [3.63, 3.8) is 0 Å². The summed E-state index contributed by atoms with van der Waals surface area (Å²) in [6.07, 6.45) is 5.78. The Labute approximate surface area is 130 Å². The monoisotopic (exact) mass is 292 g/mol. The smallest absolute Gasteiger partial charge is 0.122 e. The molecule has 1 N–H and O–H groups in total. The van der Waals surface area contributed by atoms with E-state index in [1.807, 2.05) is 6.26 Å². The highest BCUT2D eigenvalue weighted by Crippen LogP contribution is 2.34. The van der Waals surface area contributed by atoms with E-state index >= 15 is 0 Å². The molecule has 0 bridgehead atoms. The van der Waals surface area contributed by atoms with Crippen LogP contribution in [0.1, 0.15) is 58.3 Å². The van der Waals surface area contributed by atoms with Crippen molar-refractivity contribution >= 4 is 0 Å². The maximum absolute atomic E-state index is 5.66. The van der Waals surface area contributed by atoms with Crippen molar-refractivity contribution in [1.29, 1.82) is 0 Å². The average Bonchev–Trinajstić information content (AvgIpc) is 2.89. The predicted molar refractivity (Wildman–Crippen MR) is 88.2 cm³/mol. The molecule has 1 aromatic heterocycles. The van der Waals surface area contributed by atoms with E-state index < -0.39 is 0 Å². The maximum Gasteiger partial charge on any atom is 0.122 e. The molecule has 1 fully saturated rings. The number of nitrogens with one attached hydrogen (secondary N) is 1. The molecule has 0 amide bonds. The Morgan fingerprint density at radius 2 is 2.05 bits per heavy atom. The van der Waals surface area contributed by atoms with Crippen LogP contribution >= 0.6 is 0 Å². The number of hydrogen-bond acceptors (Lipinski definition) is 3. The van der Waals surface area contributed by atoms with Crippen LogP contribution in [0, 0.1) is 11.3 Å². The molecule has 120 valence electrons. The predicted octanol–water partition coefficient (Wildman–Crippen LogP) is 4.04. The molecule has 0 spiro atoms. The van der Waals surface area contributed by atoms with Crippen molar-refractivity contribution < 1.29 is 4.42 Å². The molecule has 1 aliphatic rings. The average molecular weight is 292 g/mol. The van der Waals surface area contributed by atoms with Crippen LogP contribution in [0.4, 0.5) is 0 Å². The number of nitrogens with zero attached hydrogens (tertiary/aromatic N) is 1. The number of likely N-dealkylation sites (tertiary alicyclic amines) is 1. The third kappa shape index (κ3) is 4.86. The summed E-state index contributed by atoms with van der Waals surface area (Å²) in [5.41, 5.74) is 1.92. The van der Waals surface area contributed by atoms with Gasteiger partial charge in [-0.15, -0.1) is 0 Å². The Kier molecular flexibility index (Phi) is 5.88. The van der Waals surface area contributed by atoms with Gasteiger partial charge in [0, 0.05) is 12.1 Å². The van der Waals surface area contributed by atoms with E-state index in [-0.39, 0.29) is 0 Å². The lowest BCUT2D eigenvalue weighted by Gasteiger charge is -2.38. The molecule has 21 heavy (non-hydrogen) atoms. The van der Waals surface area contributed by atoms with Gasteiger partial charge in [0.2, 0.25) is 0 Å². The molecule has 0 saturated carbocycles. The third-order valence-electron chi connectivity index (χ3n) is 4.99. The molecule has 1 aliphatic heterocycles. The first-order valence-corrected chi connectivity index (χ1v) is 8.51. The molecular weight excluding hydrogens is 260 g/mol. The van der Waals surface area contributed by atoms with E-state index in [9.17, 15) is 0 Å². The molecule has 2 rings (SSSR count). The molecule has 1 aromatic rings. The Morgan fingerprint density at radius 1 is 1.33 bits per heavy atom. The van der Waals surface area contributed by atoms with Gasteiger partial charge in [0.1, 0.15) is 5.76 Å². The highest BCUT2D eigenvalue weighted by molar-refractivity contribution is 5.17. The summed E-state index contributed by atoms with van der Waals surface area (Å²) in [5, 5.41) is 3.47. The first kappa shape index (κ1) is 16.6. The van der Waals surface area contributed by atoms with Gasteiger partial charge in [0.25, 0.3) is 0 Å². The fraction of sp³-hybridized carbons (Fsp3) is 0.778. The SMILES string of the molecule is CCC1(C)CCN(Cc2ccoc2CNCC(C)C)CC1. The van der Waals surface area contributed by atoms with Crippen LogP contribution in [0.3, 0.4) is 0 Å². The minimum atomic E-state index is 0.564.